The number of anilines is 1. The monoisotopic (exact) mass is 384 g/mol. The zero-order valence-electron chi connectivity index (χ0n) is 14.0. The second kappa shape index (κ2) is 8.82. The molecule has 3 N–H and O–H groups in total. The highest BCUT2D eigenvalue weighted by atomic mass is 32.2. The predicted molar refractivity (Wildman–Crippen MR) is 101 cm³/mol. The molecule has 9 heteroatoms. The molecule has 0 spiro atoms. The van der Waals surface area contributed by atoms with Gasteiger partial charge < -0.3 is 10.6 Å². The summed E-state index contributed by atoms with van der Waals surface area (Å²) in [6.45, 7) is 2.41. The Morgan fingerprint density at radius 3 is 2.72 bits per heavy atom. The van der Waals surface area contributed by atoms with E-state index >= 15 is 0 Å². The van der Waals surface area contributed by atoms with Crippen LogP contribution < -0.4 is 15.4 Å². The highest BCUT2D eigenvalue weighted by Crippen LogP contribution is 2.14. The van der Waals surface area contributed by atoms with E-state index in [2.05, 4.69) is 20.3 Å². The summed E-state index contributed by atoms with van der Waals surface area (Å²) in [5, 5.41) is 8.04. The Morgan fingerprint density at radius 2 is 2.08 bits per heavy atom. The van der Waals surface area contributed by atoms with E-state index in [-0.39, 0.29) is 18.0 Å². The first-order valence-corrected chi connectivity index (χ1v) is 10.2. The molecule has 0 unspecified atom stereocenters. The van der Waals surface area contributed by atoms with Crippen LogP contribution in [0.5, 0.6) is 0 Å². The van der Waals surface area contributed by atoms with E-state index in [0.717, 1.165) is 4.88 Å². The summed E-state index contributed by atoms with van der Waals surface area (Å²) in [5.74, 6) is -0.0937. The fourth-order valence-electron chi connectivity index (χ4n) is 2.00. The van der Waals surface area contributed by atoms with E-state index < -0.39 is 15.8 Å². The topological polar surface area (TPSA) is 82.6 Å². The van der Waals surface area contributed by atoms with Crippen LogP contribution in [0.3, 0.4) is 0 Å². The van der Waals surface area contributed by atoms with Crippen molar-refractivity contribution in [2.24, 2.45) is 4.99 Å². The molecule has 0 bridgehead atoms. The molecule has 136 valence electrons. The minimum Gasteiger partial charge on any atom is -0.355 e. The zero-order valence-corrected chi connectivity index (χ0v) is 15.7. The average Bonchev–Trinajstić information content (AvgIpc) is 3.07. The number of hydrogen-bond acceptors (Lipinski definition) is 4. The summed E-state index contributed by atoms with van der Waals surface area (Å²) in [6.07, 6.45) is 0. The summed E-state index contributed by atoms with van der Waals surface area (Å²) in [7, 11) is -1.97. The van der Waals surface area contributed by atoms with Crippen LogP contribution in [0, 0.1) is 12.7 Å². The lowest BCUT2D eigenvalue weighted by Crippen LogP contribution is -2.39. The van der Waals surface area contributed by atoms with Crippen molar-refractivity contribution in [2.45, 2.75) is 13.5 Å². The van der Waals surface area contributed by atoms with Gasteiger partial charge in [-0.3, -0.25) is 9.71 Å². The number of rotatable bonds is 7. The number of nitrogens with one attached hydrogen (secondary N) is 3. The molecule has 2 aromatic rings. The van der Waals surface area contributed by atoms with Gasteiger partial charge in [-0.1, -0.05) is 12.1 Å². The third-order valence-electron chi connectivity index (χ3n) is 3.34. The molecular weight excluding hydrogens is 363 g/mol. The maximum absolute atomic E-state index is 13.5. The molecular formula is C16H21FN4O2S2. The summed E-state index contributed by atoms with van der Waals surface area (Å²) in [6, 6.07) is 8.19. The van der Waals surface area contributed by atoms with Gasteiger partial charge in [-0.2, -0.15) is 0 Å². The minimum absolute atomic E-state index is 0.164. The van der Waals surface area contributed by atoms with Gasteiger partial charge in [0.15, 0.2) is 5.96 Å². The number of benzene rings is 1. The highest BCUT2D eigenvalue weighted by Gasteiger charge is 2.12. The number of thiophene rings is 1. The van der Waals surface area contributed by atoms with Crippen molar-refractivity contribution in [1.82, 2.24) is 10.6 Å². The zero-order chi connectivity index (χ0) is 18.3. The first kappa shape index (κ1) is 19.2. The molecule has 1 heterocycles. The van der Waals surface area contributed by atoms with Gasteiger partial charge in [0, 0.05) is 18.5 Å². The van der Waals surface area contributed by atoms with Crippen LogP contribution in [0.1, 0.15) is 10.4 Å². The highest BCUT2D eigenvalue weighted by molar-refractivity contribution is 7.92. The van der Waals surface area contributed by atoms with Crippen LogP contribution in [-0.4, -0.2) is 33.7 Å². The number of sulfonamides is 1. The lowest BCUT2D eigenvalue weighted by Gasteiger charge is -2.12. The number of halogens is 1. The standard InChI is InChI=1S/C16H21FN4O2S2/c1-12-5-6-13(10-15(12)17)21-25(22,23)9-7-19-16(18-2)20-11-14-4-3-8-24-14/h3-6,8,10,21H,7,9,11H2,1-2H3,(H2,18,19,20). The van der Waals surface area contributed by atoms with Crippen LogP contribution in [0.15, 0.2) is 40.7 Å². The molecule has 0 radical (unpaired) electrons. The Morgan fingerprint density at radius 1 is 1.28 bits per heavy atom. The van der Waals surface area contributed by atoms with Crippen LogP contribution in [0.2, 0.25) is 0 Å². The van der Waals surface area contributed by atoms with Crippen molar-refractivity contribution >= 4 is 33.0 Å². The molecule has 0 aliphatic rings. The van der Waals surface area contributed by atoms with Crippen molar-refractivity contribution in [3.8, 4) is 0 Å². The number of hydrogen-bond donors (Lipinski definition) is 3. The fourth-order valence-corrected chi connectivity index (χ4v) is 3.60. The molecule has 0 saturated carbocycles. The molecule has 0 atom stereocenters. The van der Waals surface area contributed by atoms with Gasteiger partial charge in [0.25, 0.3) is 0 Å². The maximum Gasteiger partial charge on any atom is 0.234 e. The Balaban J connectivity index is 1.81. The van der Waals surface area contributed by atoms with Crippen LogP contribution in [0.4, 0.5) is 10.1 Å². The lowest BCUT2D eigenvalue weighted by molar-refractivity contribution is 0.599. The van der Waals surface area contributed by atoms with Gasteiger partial charge in [0.2, 0.25) is 10.0 Å². The third-order valence-corrected chi connectivity index (χ3v) is 5.51. The fraction of sp³-hybridized carbons (Fsp3) is 0.312. The van der Waals surface area contributed by atoms with Crippen molar-refractivity contribution in [2.75, 3.05) is 24.1 Å². The molecule has 2 rings (SSSR count). The molecule has 0 saturated heterocycles. The molecule has 0 amide bonds. The van der Waals surface area contributed by atoms with E-state index in [1.165, 1.54) is 18.2 Å². The van der Waals surface area contributed by atoms with E-state index in [0.29, 0.717) is 18.1 Å². The summed E-state index contributed by atoms with van der Waals surface area (Å²) >= 11 is 1.63. The molecule has 0 aliphatic carbocycles. The van der Waals surface area contributed by atoms with Crippen LogP contribution in [0.25, 0.3) is 0 Å². The number of aliphatic imine (C=N–C) groups is 1. The number of aryl methyl sites for hydroxylation is 1. The van der Waals surface area contributed by atoms with E-state index in [9.17, 15) is 12.8 Å². The minimum atomic E-state index is -3.59. The summed E-state index contributed by atoms with van der Waals surface area (Å²) in [5.41, 5.74) is 0.675. The largest absolute Gasteiger partial charge is 0.355 e. The number of guanidine groups is 1. The summed E-state index contributed by atoms with van der Waals surface area (Å²) < 4.78 is 40.0. The quantitative estimate of drug-likeness (QED) is 0.505. The molecule has 0 aliphatic heterocycles. The Bertz CT molecular complexity index is 821. The van der Waals surface area contributed by atoms with Crippen LogP contribution in [-0.2, 0) is 16.6 Å². The van der Waals surface area contributed by atoms with Gasteiger partial charge in [-0.25, -0.2) is 12.8 Å². The normalized spacial score (nSPS) is 12.0. The van der Waals surface area contributed by atoms with Crippen LogP contribution >= 0.6 is 11.3 Å². The number of nitrogens with zero attached hydrogens (tertiary/aromatic N) is 1. The van der Waals surface area contributed by atoms with Gasteiger partial charge >= 0.3 is 0 Å². The molecule has 6 nitrogen and oxygen atoms in total. The van der Waals surface area contributed by atoms with Gasteiger partial charge in [0.1, 0.15) is 5.82 Å². The second-order valence-corrected chi connectivity index (χ2v) is 8.19. The predicted octanol–water partition coefficient (Wildman–Crippen LogP) is 2.30. The third kappa shape index (κ3) is 6.35. The van der Waals surface area contributed by atoms with Crippen molar-refractivity contribution in [3.05, 3.63) is 52.0 Å². The SMILES string of the molecule is CN=C(NCCS(=O)(=O)Nc1ccc(C)c(F)c1)NCc1cccs1. The Kier molecular flexibility index (Phi) is 6.77. The first-order chi connectivity index (χ1) is 11.9. The molecule has 0 fully saturated rings. The Hall–Kier alpha value is -2.13. The van der Waals surface area contributed by atoms with Crippen molar-refractivity contribution in [3.63, 3.8) is 0 Å². The van der Waals surface area contributed by atoms with E-state index in [4.69, 9.17) is 0 Å². The maximum atomic E-state index is 13.5. The second-order valence-electron chi connectivity index (χ2n) is 5.32. The van der Waals surface area contributed by atoms with Gasteiger partial charge in [-0.15, -0.1) is 11.3 Å². The smallest absolute Gasteiger partial charge is 0.234 e. The van der Waals surface area contributed by atoms with Crippen molar-refractivity contribution in [1.29, 1.82) is 0 Å². The lowest BCUT2D eigenvalue weighted by atomic mass is 10.2. The van der Waals surface area contributed by atoms with Gasteiger partial charge in [0.05, 0.1) is 18.0 Å². The van der Waals surface area contributed by atoms with Gasteiger partial charge in [-0.05, 0) is 36.1 Å². The summed E-state index contributed by atoms with van der Waals surface area (Å²) in [4.78, 5) is 5.20. The average molecular weight is 385 g/mol. The Labute approximate surface area is 151 Å². The van der Waals surface area contributed by atoms with E-state index in [1.807, 2.05) is 17.5 Å². The first-order valence-electron chi connectivity index (χ1n) is 7.63. The molecule has 25 heavy (non-hydrogen) atoms. The van der Waals surface area contributed by atoms with Crippen molar-refractivity contribution < 1.29 is 12.8 Å². The molecule has 1 aromatic heterocycles. The molecule has 1 aromatic carbocycles. The van der Waals surface area contributed by atoms with E-state index in [1.54, 1.807) is 25.3 Å².